The van der Waals surface area contributed by atoms with Crippen molar-refractivity contribution in [3.05, 3.63) is 0 Å². The van der Waals surface area contributed by atoms with Crippen molar-refractivity contribution in [3.63, 3.8) is 0 Å². The molecule has 0 rings (SSSR count). The van der Waals surface area contributed by atoms with Gasteiger partial charge in [0.25, 0.3) is 0 Å². The van der Waals surface area contributed by atoms with Gasteiger partial charge in [-0.1, -0.05) is 13.8 Å². The largest absolute Gasteiger partial charge is 0.480 e. The number of unbranched alkanes of at least 4 members (excludes halogenated alkanes) is 1. The van der Waals surface area contributed by atoms with E-state index in [4.69, 9.17) is 22.9 Å². The number of carboxylic acid groups (broad SMARTS) is 1. The predicted molar refractivity (Wildman–Crippen MR) is 160 cm³/mol. The topological polar surface area (TPSA) is 270 Å². The summed E-state index contributed by atoms with van der Waals surface area (Å²) >= 11 is 1.44. The maximum Gasteiger partial charge on any atom is 0.326 e. The van der Waals surface area contributed by atoms with Gasteiger partial charge < -0.3 is 49.3 Å². The number of carbonyl (C=O) groups excluding carboxylic acids is 4. The summed E-state index contributed by atoms with van der Waals surface area (Å²) in [4.78, 5) is 66.5. The smallest absolute Gasteiger partial charge is 0.326 e. The molecule has 0 spiro atoms. The lowest BCUT2D eigenvalue weighted by Crippen LogP contribution is -2.56. The number of guanidine groups is 1. The molecule has 236 valence electrons. The minimum atomic E-state index is -1.17. The lowest BCUT2D eigenvalue weighted by Gasteiger charge is -2.24. The van der Waals surface area contributed by atoms with Gasteiger partial charge in [0.15, 0.2) is 5.96 Å². The molecule has 0 aliphatic carbocycles. The van der Waals surface area contributed by atoms with Crippen molar-refractivity contribution in [2.24, 2.45) is 33.8 Å². The molecule has 0 aliphatic heterocycles. The zero-order valence-electron chi connectivity index (χ0n) is 24.3. The first-order chi connectivity index (χ1) is 19.3. The van der Waals surface area contributed by atoms with E-state index in [2.05, 4.69) is 26.3 Å². The number of aliphatic imine (C=N–C) groups is 1. The van der Waals surface area contributed by atoms with Gasteiger partial charge in [-0.3, -0.25) is 24.2 Å². The second-order valence-electron chi connectivity index (χ2n) is 10.0. The molecule has 41 heavy (non-hydrogen) atoms. The molecule has 0 saturated heterocycles. The molecule has 16 heteroatoms. The van der Waals surface area contributed by atoms with E-state index in [1.807, 2.05) is 20.1 Å². The van der Waals surface area contributed by atoms with Gasteiger partial charge in [0.05, 0.1) is 12.6 Å². The Morgan fingerprint density at radius 3 is 2.02 bits per heavy atom. The van der Waals surface area contributed by atoms with Crippen LogP contribution in [-0.2, 0) is 24.0 Å². The Morgan fingerprint density at radius 2 is 1.46 bits per heavy atom. The number of carboxylic acids is 1. The maximum atomic E-state index is 13.3. The van der Waals surface area contributed by atoms with Crippen molar-refractivity contribution in [1.82, 2.24) is 21.3 Å². The van der Waals surface area contributed by atoms with Gasteiger partial charge in [0, 0.05) is 6.54 Å². The van der Waals surface area contributed by atoms with Gasteiger partial charge in [0.1, 0.15) is 18.1 Å². The molecule has 0 fully saturated rings. The third-order valence-electron chi connectivity index (χ3n) is 5.89. The fourth-order valence-corrected chi connectivity index (χ4v) is 4.20. The van der Waals surface area contributed by atoms with Gasteiger partial charge in [0.2, 0.25) is 23.6 Å². The summed E-state index contributed by atoms with van der Waals surface area (Å²) in [6.45, 7) is 3.97. The Hall–Kier alpha value is -3.11. The van der Waals surface area contributed by atoms with Crippen LogP contribution < -0.4 is 44.2 Å². The van der Waals surface area contributed by atoms with Gasteiger partial charge in [-0.2, -0.15) is 11.8 Å². The highest BCUT2D eigenvalue weighted by Crippen LogP contribution is 2.07. The zero-order chi connectivity index (χ0) is 31.4. The summed E-state index contributed by atoms with van der Waals surface area (Å²) < 4.78 is 0. The van der Waals surface area contributed by atoms with Crippen molar-refractivity contribution in [2.75, 3.05) is 31.6 Å². The van der Waals surface area contributed by atoms with Crippen molar-refractivity contribution in [1.29, 1.82) is 0 Å². The van der Waals surface area contributed by atoms with Gasteiger partial charge in [-0.05, 0) is 69.4 Å². The van der Waals surface area contributed by atoms with E-state index in [9.17, 15) is 29.1 Å². The molecule has 0 aromatic heterocycles. The number of hydrogen-bond acceptors (Lipinski definition) is 9. The molecule has 13 N–H and O–H groups in total. The Morgan fingerprint density at radius 1 is 0.854 bits per heavy atom. The minimum Gasteiger partial charge on any atom is -0.480 e. The van der Waals surface area contributed by atoms with Gasteiger partial charge in [-0.15, -0.1) is 0 Å². The lowest BCUT2D eigenvalue weighted by atomic mass is 10.0. The average Bonchev–Trinajstić information content (AvgIpc) is 2.89. The Labute approximate surface area is 246 Å². The summed E-state index contributed by atoms with van der Waals surface area (Å²) in [6.07, 6.45) is 4.33. The van der Waals surface area contributed by atoms with Crippen molar-refractivity contribution < 1.29 is 29.1 Å². The summed E-state index contributed by atoms with van der Waals surface area (Å²) in [7, 11) is 0. The van der Waals surface area contributed by atoms with E-state index >= 15 is 0 Å². The molecule has 4 atom stereocenters. The summed E-state index contributed by atoms with van der Waals surface area (Å²) in [5, 5.41) is 19.5. The van der Waals surface area contributed by atoms with Crippen molar-refractivity contribution in [3.8, 4) is 0 Å². The molecule has 0 aliphatic rings. The minimum absolute atomic E-state index is 0.103. The van der Waals surface area contributed by atoms with Crippen LogP contribution in [0, 0.1) is 5.92 Å². The lowest BCUT2D eigenvalue weighted by molar-refractivity contribution is -0.141. The molecule has 0 bridgehead atoms. The number of nitrogens with one attached hydrogen (secondary N) is 4. The van der Waals surface area contributed by atoms with E-state index in [1.54, 1.807) is 0 Å². The summed E-state index contributed by atoms with van der Waals surface area (Å²) in [6, 6.07) is -3.96. The molecular weight excluding hydrogens is 554 g/mol. The molecule has 4 amide bonds. The fourth-order valence-electron chi connectivity index (χ4n) is 3.73. The first-order valence-corrected chi connectivity index (χ1v) is 15.1. The van der Waals surface area contributed by atoms with E-state index in [1.165, 1.54) is 11.8 Å². The van der Waals surface area contributed by atoms with Crippen LogP contribution >= 0.6 is 11.8 Å². The molecule has 0 heterocycles. The number of rotatable bonds is 22. The molecule has 15 nitrogen and oxygen atoms in total. The fraction of sp³-hybridized carbons (Fsp3) is 0.760. The third-order valence-corrected chi connectivity index (χ3v) is 6.53. The van der Waals surface area contributed by atoms with Crippen LogP contribution in [0.1, 0.15) is 58.8 Å². The van der Waals surface area contributed by atoms with E-state index in [0.29, 0.717) is 38.0 Å². The molecule has 0 saturated carbocycles. The third kappa shape index (κ3) is 18.0. The van der Waals surface area contributed by atoms with Crippen LogP contribution in [0.3, 0.4) is 0 Å². The number of nitrogens with zero attached hydrogens (tertiary/aromatic N) is 1. The highest BCUT2D eigenvalue weighted by molar-refractivity contribution is 7.98. The molecule has 0 aromatic carbocycles. The van der Waals surface area contributed by atoms with Crippen LogP contribution in [0.5, 0.6) is 0 Å². The van der Waals surface area contributed by atoms with Crippen LogP contribution in [0.4, 0.5) is 0 Å². The quantitative estimate of drug-likeness (QED) is 0.0369. The number of thioether (sulfide) groups is 1. The first-order valence-electron chi connectivity index (χ1n) is 13.7. The highest BCUT2D eigenvalue weighted by atomic mass is 32.2. The summed E-state index contributed by atoms with van der Waals surface area (Å²) in [5.74, 6) is -3.01. The Balaban J connectivity index is 5.48. The van der Waals surface area contributed by atoms with Crippen LogP contribution in [0.2, 0.25) is 0 Å². The SMILES string of the molecule is CSCC[C@H](NC(=O)CNC(=O)[C@H](CCCCN)NC(=O)[C@H](CCCN=C(N)N)NC(=O)[C@@H](N)CC(C)C)C(=O)O. The normalized spacial score (nSPS) is 13.8. The van der Waals surface area contributed by atoms with Crippen LogP contribution in [0.25, 0.3) is 0 Å². The number of nitrogens with two attached hydrogens (primary N) is 4. The number of carbonyl (C=O) groups is 5. The molecule has 0 unspecified atom stereocenters. The van der Waals surface area contributed by atoms with E-state index in [-0.39, 0.29) is 37.7 Å². The maximum absolute atomic E-state index is 13.3. The van der Waals surface area contributed by atoms with Gasteiger partial charge in [-0.25, -0.2) is 4.79 Å². The number of hydrogen-bond donors (Lipinski definition) is 9. The second kappa shape index (κ2) is 21.6. The second-order valence-corrected chi connectivity index (χ2v) is 11.0. The molecule has 0 radical (unpaired) electrons. The van der Waals surface area contributed by atoms with E-state index < -0.39 is 60.3 Å². The monoisotopic (exact) mass is 603 g/mol. The Bertz CT molecular complexity index is 871. The van der Waals surface area contributed by atoms with Crippen LogP contribution in [0.15, 0.2) is 4.99 Å². The summed E-state index contributed by atoms with van der Waals surface area (Å²) in [5.41, 5.74) is 22.3. The van der Waals surface area contributed by atoms with Crippen LogP contribution in [-0.4, -0.2) is 96.5 Å². The first kappa shape index (κ1) is 37.9. The molecular formula is C25H49N9O6S. The Kier molecular flexibility index (Phi) is 20.0. The molecule has 0 aromatic rings. The van der Waals surface area contributed by atoms with E-state index in [0.717, 1.165) is 0 Å². The standard InChI is InChI=1S/C25H49N9O6S/c1-15(2)13-16(27)21(36)33-18(8-6-11-30-25(28)29)23(38)34-17(7-4-5-10-26)22(37)31-14-20(35)32-19(24(39)40)9-12-41-3/h15-19H,4-14,26-27H2,1-3H3,(H,31,37)(H,32,35)(H,33,36)(H,34,38)(H,39,40)(H4,28,29,30)/t16-,17-,18-,19-/m0/s1. The average molecular weight is 604 g/mol. The van der Waals surface area contributed by atoms with Crippen molar-refractivity contribution in [2.45, 2.75) is 83.0 Å². The highest BCUT2D eigenvalue weighted by Gasteiger charge is 2.28. The van der Waals surface area contributed by atoms with Crippen molar-refractivity contribution >= 4 is 47.3 Å². The predicted octanol–water partition coefficient (Wildman–Crippen LogP) is -2.05. The number of aliphatic carboxylic acids is 1. The zero-order valence-corrected chi connectivity index (χ0v) is 25.1. The van der Waals surface area contributed by atoms with Gasteiger partial charge >= 0.3 is 5.97 Å². The number of amides is 4.